The summed E-state index contributed by atoms with van der Waals surface area (Å²) >= 11 is 1.55. The first-order valence-electron chi connectivity index (χ1n) is 8.33. The van der Waals surface area contributed by atoms with Crippen LogP contribution in [0, 0.1) is 5.41 Å². The van der Waals surface area contributed by atoms with Gasteiger partial charge in [0.15, 0.2) is 0 Å². The highest BCUT2D eigenvalue weighted by Gasteiger charge is 2.16. The second-order valence-corrected chi connectivity index (χ2v) is 8.15. The Hall–Kier alpha value is -2.40. The fraction of sp³-hybridized carbons (Fsp3) is 0.250. The third kappa shape index (κ3) is 4.57. The quantitative estimate of drug-likeness (QED) is 0.492. The predicted molar refractivity (Wildman–Crippen MR) is 107 cm³/mol. The molecule has 0 spiro atoms. The monoisotopic (exact) mass is 352 g/mol. The van der Waals surface area contributed by atoms with Gasteiger partial charge in [-0.3, -0.25) is 0 Å². The van der Waals surface area contributed by atoms with Gasteiger partial charge in [-0.25, -0.2) is 4.68 Å². The standard InChI is InChI=1S/C20H24N4S/c1-20(2,3)14-15-6-4-5-7-18(15)24-19(12-13-22-24)23-25-17-10-8-16(21)9-11-17/h4-13,23H,14,21H2,1-3H3. The van der Waals surface area contributed by atoms with Crippen LogP contribution in [0.4, 0.5) is 11.5 Å². The van der Waals surface area contributed by atoms with Crippen molar-refractivity contribution in [2.45, 2.75) is 32.1 Å². The minimum atomic E-state index is 0.218. The normalized spacial score (nSPS) is 11.5. The third-order valence-corrected chi connectivity index (χ3v) is 4.56. The number of hydrogen-bond acceptors (Lipinski definition) is 4. The van der Waals surface area contributed by atoms with Gasteiger partial charge in [-0.1, -0.05) is 39.0 Å². The van der Waals surface area contributed by atoms with Crippen molar-refractivity contribution in [3.63, 3.8) is 0 Å². The predicted octanol–water partition coefficient (Wildman–Crippen LogP) is 5.16. The number of nitrogens with two attached hydrogens (primary N) is 1. The molecule has 1 heterocycles. The molecule has 0 bridgehead atoms. The van der Waals surface area contributed by atoms with Gasteiger partial charge >= 0.3 is 0 Å². The average Bonchev–Trinajstić information content (AvgIpc) is 3.02. The highest BCUT2D eigenvalue weighted by molar-refractivity contribution is 8.00. The minimum absolute atomic E-state index is 0.218. The second kappa shape index (κ2) is 7.23. The summed E-state index contributed by atoms with van der Waals surface area (Å²) in [6.45, 7) is 6.76. The van der Waals surface area contributed by atoms with Gasteiger partial charge < -0.3 is 10.5 Å². The van der Waals surface area contributed by atoms with Crippen LogP contribution < -0.4 is 10.5 Å². The molecular formula is C20H24N4S. The Labute approximate surface area is 153 Å². The summed E-state index contributed by atoms with van der Waals surface area (Å²) in [4.78, 5) is 1.10. The lowest BCUT2D eigenvalue weighted by molar-refractivity contribution is 0.410. The molecular weight excluding hydrogens is 328 g/mol. The highest BCUT2D eigenvalue weighted by Crippen LogP contribution is 2.28. The van der Waals surface area contributed by atoms with E-state index in [0.717, 1.165) is 28.5 Å². The molecule has 0 amide bonds. The Morgan fingerprint density at radius 3 is 2.48 bits per heavy atom. The number of nitrogen functional groups attached to an aromatic ring is 1. The van der Waals surface area contributed by atoms with E-state index in [1.165, 1.54) is 5.56 Å². The molecule has 0 aliphatic carbocycles. The molecule has 4 nitrogen and oxygen atoms in total. The molecule has 0 unspecified atom stereocenters. The van der Waals surface area contributed by atoms with Gasteiger partial charge in [-0.15, -0.1) is 0 Å². The van der Waals surface area contributed by atoms with Crippen molar-refractivity contribution in [2.24, 2.45) is 5.41 Å². The van der Waals surface area contributed by atoms with Crippen LogP contribution >= 0.6 is 11.9 Å². The lowest BCUT2D eigenvalue weighted by Gasteiger charge is -2.21. The van der Waals surface area contributed by atoms with Gasteiger partial charge in [0.1, 0.15) is 5.82 Å². The van der Waals surface area contributed by atoms with E-state index in [2.05, 4.69) is 54.9 Å². The lowest BCUT2D eigenvalue weighted by Crippen LogP contribution is -2.12. The molecule has 0 atom stereocenters. The number of hydrogen-bond donors (Lipinski definition) is 2. The van der Waals surface area contributed by atoms with Crippen LogP contribution in [0.15, 0.2) is 65.7 Å². The molecule has 0 saturated carbocycles. The molecule has 130 valence electrons. The van der Waals surface area contributed by atoms with Gasteiger partial charge in [-0.05, 0) is 59.7 Å². The van der Waals surface area contributed by atoms with Crippen molar-refractivity contribution < 1.29 is 0 Å². The average molecular weight is 353 g/mol. The summed E-state index contributed by atoms with van der Waals surface area (Å²) in [6.07, 6.45) is 2.81. The molecule has 3 N–H and O–H groups in total. The fourth-order valence-electron chi connectivity index (χ4n) is 2.66. The smallest absolute Gasteiger partial charge is 0.139 e. The lowest BCUT2D eigenvalue weighted by atomic mass is 9.87. The zero-order valence-electron chi connectivity index (χ0n) is 14.9. The number of para-hydroxylation sites is 1. The van der Waals surface area contributed by atoms with Gasteiger partial charge in [0.05, 0.1) is 11.9 Å². The van der Waals surface area contributed by atoms with Gasteiger partial charge in [0.25, 0.3) is 0 Å². The van der Waals surface area contributed by atoms with Crippen molar-refractivity contribution >= 4 is 23.5 Å². The number of nitrogens with zero attached hydrogens (tertiary/aromatic N) is 2. The largest absolute Gasteiger partial charge is 0.399 e. The summed E-state index contributed by atoms with van der Waals surface area (Å²) < 4.78 is 5.36. The van der Waals surface area contributed by atoms with Gasteiger partial charge in [0.2, 0.25) is 0 Å². The molecule has 2 aromatic carbocycles. The van der Waals surface area contributed by atoms with E-state index in [-0.39, 0.29) is 5.41 Å². The third-order valence-electron chi connectivity index (χ3n) is 3.74. The van der Waals surface area contributed by atoms with E-state index in [9.17, 15) is 0 Å². The Kier molecular flexibility index (Phi) is 5.04. The Balaban J connectivity index is 1.83. The summed E-state index contributed by atoms with van der Waals surface area (Å²) in [5.41, 5.74) is 9.13. The molecule has 0 saturated heterocycles. The van der Waals surface area contributed by atoms with Crippen molar-refractivity contribution in [2.75, 3.05) is 10.5 Å². The number of benzene rings is 2. The van der Waals surface area contributed by atoms with Crippen LogP contribution in [0.3, 0.4) is 0 Å². The van der Waals surface area contributed by atoms with Crippen LogP contribution in [0.5, 0.6) is 0 Å². The molecule has 0 aliphatic rings. The van der Waals surface area contributed by atoms with Gasteiger partial charge in [0, 0.05) is 16.6 Å². The van der Waals surface area contributed by atoms with Crippen LogP contribution in [0.2, 0.25) is 0 Å². The topological polar surface area (TPSA) is 55.9 Å². The van der Waals surface area contributed by atoms with Crippen molar-refractivity contribution in [3.05, 3.63) is 66.4 Å². The van der Waals surface area contributed by atoms with E-state index >= 15 is 0 Å². The summed E-state index contributed by atoms with van der Waals surface area (Å²) in [5, 5.41) is 4.52. The van der Waals surface area contributed by atoms with Crippen molar-refractivity contribution in [1.29, 1.82) is 0 Å². The zero-order chi connectivity index (χ0) is 17.9. The Morgan fingerprint density at radius 1 is 1.04 bits per heavy atom. The first-order chi connectivity index (χ1) is 11.9. The van der Waals surface area contributed by atoms with Crippen molar-refractivity contribution in [3.8, 4) is 5.69 Å². The maximum atomic E-state index is 5.74. The zero-order valence-corrected chi connectivity index (χ0v) is 15.7. The molecule has 5 heteroatoms. The van der Waals surface area contributed by atoms with Crippen LogP contribution in [-0.2, 0) is 6.42 Å². The molecule has 1 aromatic heterocycles. The van der Waals surface area contributed by atoms with E-state index in [0.29, 0.717) is 0 Å². The van der Waals surface area contributed by atoms with E-state index in [1.807, 2.05) is 41.2 Å². The van der Waals surface area contributed by atoms with E-state index in [1.54, 1.807) is 11.9 Å². The highest BCUT2D eigenvalue weighted by atomic mass is 32.2. The fourth-order valence-corrected chi connectivity index (χ4v) is 3.31. The molecule has 0 fully saturated rings. The van der Waals surface area contributed by atoms with Crippen LogP contribution in [0.25, 0.3) is 5.69 Å². The first-order valence-corrected chi connectivity index (χ1v) is 9.15. The number of rotatable bonds is 5. The van der Waals surface area contributed by atoms with E-state index < -0.39 is 0 Å². The molecule has 3 rings (SSSR count). The molecule has 25 heavy (non-hydrogen) atoms. The van der Waals surface area contributed by atoms with Crippen LogP contribution in [0.1, 0.15) is 26.3 Å². The molecule has 0 aliphatic heterocycles. The molecule has 3 aromatic rings. The van der Waals surface area contributed by atoms with Crippen molar-refractivity contribution in [1.82, 2.24) is 9.78 Å². The van der Waals surface area contributed by atoms with Gasteiger partial charge in [-0.2, -0.15) is 5.10 Å². The Bertz CT molecular complexity index is 831. The van der Waals surface area contributed by atoms with Crippen LogP contribution in [-0.4, -0.2) is 9.78 Å². The summed E-state index contributed by atoms with van der Waals surface area (Å²) in [7, 11) is 0. The summed E-state index contributed by atoms with van der Waals surface area (Å²) in [5.74, 6) is 0.947. The minimum Gasteiger partial charge on any atom is -0.399 e. The maximum absolute atomic E-state index is 5.74. The van der Waals surface area contributed by atoms with E-state index in [4.69, 9.17) is 5.73 Å². The number of nitrogens with one attached hydrogen (secondary N) is 1. The second-order valence-electron chi connectivity index (χ2n) is 7.27. The summed E-state index contributed by atoms with van der Waals surface area (Å²) in [6, 6.07) is 18.2. The first kappa shape index (κ1) is 17.4. The maximum Gasteiger partial charge on any atom is 0.139 e. The number of aromatic nitrogens is 2. The molecule has 0 radical (unpaired) electrons. The Morgan fingerprint density at radius 2 is 1.76 bits per heavy atom. The number of anilines is 2. The SMILES string of the molecule is CC(C)(C)Cc1ccccc1-n1nccc1NSc1ccc(N)cc1.